The molecule has 0 aromatic heterocycles. The monoisotopic (exact) mass is 476 g/mol. The SMILES string of the molecule is O=C(Oc1ccc2cc(OC(=O)c3ccc(F)c(F)c3F)ccc2c1)c1ccc(F)c(F)c1F. The van der Waals surface area contributed by atoms with Crippen LogP contribution in [0.2, 0.25) is 0 Å². The molecule has 0 unspecified atom stereocenters. The highest BCUT2D eigenvalue weighted by molar-refractivity contribution is 5.94. The van der Waals surface area contributed by atoms with Crippen molar-refractivity contribution in [3.05, 3.63) is 107 Å². The molecule has 0 saturated heterocycles. The lowest BCUT2D eigenvalue weighted by Gasteiger charge is -2.09. The van der Waals surface area contributed by atoms with E-state index in [0.29, 0.717) is 22.9 Å². The first kappa shape index (κ1) is 22.8. The molecule has 0 atom stereocenters. The summed E-state index contributed by atoms with van der Waals surface area (Å²) in [7, 11) is 0. The molecule has 0 aliphatic heterocycles. The first-order valence-corrected chi connectivity index (χ1v) is 9.41. The summed E-state index contributed by atoms with van der Waals surface area (Å²) < 4.78 is 90.4. The van der Waals surface area contributed by atoms with E-state index < -0.39 is 58.0 Å². The van der Waals surface area contributed by atoms with Crippen LogP contribution in [0.1, 0.15) is 20.7 Å². The molecule has 0 aliphatic carbocycles. The van der Waals surface area contributed by atoms with Gasteiger partial charge >= 0.3 is 11.9 Å². The van der Waals surface area contributed by atoms with E-state index in [2.05, 4.69) is 0 Å². The second kappa shape index (κ2) is 8.89. The largest absolute Gasteiger partial charge is 0.423 e. The van der Waals surface area contributed by atoms with E-state index in [1.54, 1.807) is 0 Å². The molecule has 4 nitrogen and oxygen atoms in total. The summed E-state index contributed by atoms with van der Waals surface area (Å²) in [6.07, 6.45) is 0. The van der Waals surface area contributed by atoms with Crippen molar-refractivity contribution in [1.82, 2.24) is 0 Å². The molecule has 0 bridgehead atoms. The van der Waals surface area contributed by atoms with Gasteiger partial charge in [0.25, 0.3) is 0 Å². The Morgan fingerprint density at radius 2 is 0.882 bits per heavy atom. The number of benzene rings is 4. The van der Waals surface area contributed by atoms with Crippen LogP contribution in [0.4, 0.5) is 26.3 Å². The Labute approximate surface area is 187 Å². The number of hydrogen-bond donors (Lipinski definition) is 0. The molecule has 4 rings (SSSR count). The van der Waals surface area contributed by atoms with Crippen LogP contribution in [0.25, 0.3) is 10.8 Å². The molecule has 0 radical (unpaired) electrons. The number of carbonyl (C=O) groups is 2. The van der Waals surface area contributed by atoms with Gasteiger partial charge in [0.1, 0.15) is 11.5 Å². The van der Waals surface area contributed by atoms with Crippen molar-refractivity contribution < 1.29 is 45.4 Å². The number of ether oxygens (including phenoxy) is 2. The molecule has 4 aromatic carbocycles. The normalized spacial score (nSPS) is 10.9. The topological polar surface area (TPSA) is 52.6 Å². The Balaban J connectivity index is 1.53. The molecule has 0 heterocycles. The quantitative estimate of drug-likeness (QED) is 0.154. The van der Waals surface area contributed by atoms with Crippen molar-refractivity contribution in [3.63, 3.8) is 0 Å². The maximum Gasteiger partial charge on any atom is 0.346 e. The van der Waals surface area contributed by atoms with E-state index in [1.165, 1.54) is 36.4 Å². The maximum absolute atomic E-state index is 13.8. The standard InChI is InChI=1S/C24H10F6O4/c25-17-7-5-15(19(27)21(17)29)23(31)33-13-3-1-11-9-14(4-2-12(11)10-13)34-24(32)16-6-8-18(26)22(30)20(16)28/h1-10H. The molecule has 0 aliphatic rings. The Hall–Kier alpha value is -4.34. The van der Waals surface area contributed by atoms with Gasteiger partial charge in [-0.2, -0.15) is 0 Å². The number of carbonyl (C=O) groups excluding carboxylic acids is 2. The van der Waals surface area contributed by atoms with Crippen molar-refractivity contribution in [2.24, 2.45) is 0 Å². The summed E-state index contributed by atoms with van der Waals surface area (Å²) in [6.45, 7) is 0. The van der Waals surface area contributed by atoms with E-state index in [4.69, 9.17) is 9.47 Å². The second-order valence-electron chi connectivity index (χ2n) is 6.90. The van der Waals surface area contributed by atoms with E-state index in [1.807, 2.05) is 0 Å². The van der Waals surface area contributed by atoms with E-state index in [9.17, 15) is 35.9 Å². The lowest BCUT2D eigenvalue weighted by Crippen LogP contribution is -2.12. The highest BCUT2D eigenvalue weighted by Gasteiger charge is 2.22. The van der Waals surface area contributed by atoms with Gasteiger partial charge < -0.3 is 9.47 Å². The Bertz CT molecular complexity index is 1360. The van der Waals surface area contributed by atoms with Gasteiger partial charge in [-0.05, 0) is 59.3 Å². The number of hydrogen-bond acceptors (Lipinski definition) is 4. The summed E-state index contributed by atoms with van der Waals surface area (Å²) in [5.41, 5.74) is -1.60. The highest BCUT2D eigenvalue weighted by Crippen LogP contribution is 2.27. The van der Waals surface area contributed by atoms with Gasteiger partial charge in [0.15, 0.2) is 34.9 Å². The van der Waals surface area contributed by atoms with Crippen LogP contribution in [-0.2, 0) is 0 Å². The van der Waals surface area contributed by atoms with Gasteiger partial charge in [0.2, 0.25) is 0 Å². The predicted octanol–water partition coefficient (Wildman–Crippen LogP) is 6.11. The van der Waals surface area contributed by atoms with Crippen LogP contribution in [0.5, 0.6) is 11.5 Å². The van der Waals surface area contributed by atoms with E-state index in [-0.39, 0.29) is 11.5 Å². The number of esters is 2. The highest BCUT2D eigenvalue weighted by atomic mass is 19.2. The maximum atomic E-state index is 13.8. The van der Waals surface area contributed by atoms with E-state index >= 15 is 0 Å². The first-order chi connectivity index (χ1) is 16.2. The zero-order valence-corrected chi connectivity index (χ0v) is 16.7. The third-order valence-corrected chi connectivity index (χ3v) is 4.71. The van der Waals surface area contributed by atoms with Crippen LogP contribution in [0.15, 0.2) is 60.7 Å². The average molecular weight is 476 g/mol. The minimum absolute atomic E-state index is 0.0461. The predicted molar refractivity (Wildman–Crippen MR) is 106 cm³/mol. The summed E-state index contributed by atoms with van der Waals surface area (Å²) in [4.78, 5) is 24.3. The molecule has 0 fully saturated rings. The smallest absolute Gasteiger partial charge is 0.346 e. The zero-order chi connectivity index (χ0) is 24.6. The lowest BCUT2D eigenvalue weighted by molar-refractivity contribution is 0.0718. The van der Waals surface area contributed by atoms with Gasteiger partial charge in [-0.25, -0.2) is 35.9 Å². The average Bonchev–Trinajstić information content (AvgIpc) is 2.81. The van der Waals surface area contributed by atoms with Gasteiger partial charge in [-0.1, -0.05) is 12.1 Å². The minimum Gasteiger partial charge on any atom is -0.423 e. The third kappa shape index (κ3) is 4.29. The zero-order valence-electron chi connectivity index (χ0n) is 16.7. The molecule has 0 amide bonds. The fraction of sp³-hybridized carbons (Fsp3) is 0. The van der Waals surface area contributed by atoms with Crippen LogP contribution in [-0.4, -0.2) is 11.9 Å². The molecule has 0 N–H and O–H groups in total. The third-order valence-electron chi connectivity index (χ3n) is 4.71. The van der Waals surface area contributed by atoms with Crippen molar-refractivity contribution in [3.8, 4) is 11.5 Å². The van der Waals surface area contributed by atoms with E-state index in [0.717, 1.165) is 12.1 Å². The van der Waals surface area contributed by atoms with Crippen LogP contribution in [0.3, 0.4) is 0 Å². The molecular formula is C24H10F6O4. The molecule has 0 spiro atoms. The van der Waals surface area contributed by atoms with Crippen molar-refractivity contribution in [2.75, 3.05) is 0 Å². The summed E-state index contributed by atoms with van der Waals surface area (Å²) >= 11 is 0. The minimum atomic E-state index is -1.81. The molecular weight excluding hydrogens is 466 g/mol. The number of fused-ring (bicyclic) bond motifs is 1. The Kier molecular flexibility index (Phi) is 5.97. The van der Waals surface area contributed by atoms with Gasteiger partial charge in [0.05, 0.1) is 11.1 Å². The summed E-state index contributed by atoms with van der Waals surface area (Å²) in [5.74, 6) is -12.5. The Morgan fingerprint density at radius 1 is 0.500 bits per heavy atom. The van der Waals surface area contributed by atoms with Crippen molar-refractivity contribution >= 4 is 22.7 Å². The molecule has 0 saturated carbocycles. The number of rotatable bonds is 4. The van der Waals surface area contributed by atoms with Crippen LogP contribution in [0, 0.1) is 34.9 Å². The van der Waals surface area contributed by atoms with Gasteiger partial charge in [0, 0.05) is 0 Å². The van der Waals surface area contributed by atoms with Gasteiger partial charge in [-0.15, -0.1) is 0 Å². The fourth-order valence-corrected chi connectivity index (χ4v) is 3.02. The van der Waals surface area contributed by atoms with Crippen molar-refractivity contribution in [2.45, 2.75) is 0 Å². The molecule has 172 valence electrons. The van der Waals surface area contributed by atoms with Crippen LogP contribution < -0.4 is 9.47 Å². The van der Waals surface area contributed by atoms with Crippen molar-refractivity contribution in [1.29, 1.82) is 0 Å². The lowest BCUT2D eigenvalue weighted by atomic mass is 10.1. The Morgan fingerprint density at radius 3 is 1.26 bits per heavy atom. The first-order valence-electron chi connectivity index (χ1n) is 9.41. The fourth-order valence-electron chi connectivity index (χ4n) is 3.02. The van der Waals surface area contributed by atoms with Gasteiger partial charge in [-0.3, -0.25) is 0 Å². The molecule has 34 heavy (non-hydrogen) atoms. The second-order valence-corrected chi connectivity index (χ2v) is 6.90. The number of halogens is 6. The summed E-state index contributed by atoms with van der Waals surface area (Å²) in [5, 5.41) is 0.935. The molecule has 10 heteroatoms. The van der Waals surface area contributed by atoms with Crippen LogP contribution >= 0.6 is 0 Å². The molecule has 4 aromatic rings. The summed E-state index contributed by atoms with van der Waals surface area (Å²) in [6, 6.07) is 10.9.